The molecule has 3 aromatic rings. The molecule has 0 aromatic heterocycles. The van der Waals surface area contributed by atoms with Crippen molar-refractivity contribution < 1.29 is 47.6 Å². The first-order valence-electron chi connectivity index (χ1n) is 28.3. The van der Waals surface area contributed by atoms with Gasteiger partial charge in [-0.2, -0.15) is 0 Å². The second kappa shape index (κ2) is 26.2. The molecule has 1 unspecified atom stereocenters. The largest absolute Gasteiger partial charge is 0.453 e. The Hall–Kier alpha value is -8.17. The molecular formula is C60H75FN10O11. The van der Waals surface area contributed by atoms with E-state index in [0.717, 1.165) is 11.1 Å². The number of methoxy groups -OCH3 is 2. The minimum Gasteiger partial charge on any atom is -0.453 e. The maximum absolute atomic E-state index is 17.3. The zero-order valence-corrected chi connectivity index (χ0v) is 47.8. The molecule has 4 N–H and O–H groups in total. The minimum atomic E-state index is -0.984. The fourth-order valence-electron chi connectivity index (χ4n) is 12.2. The van der Waals surface area contributed by atoms with Crippen LogP contribution in [0.2, 0.25) is 0 Å². The number of amides is 6. The average Bonchev–Trinajstić information content (AvgIpc) is 3.53. The van der Waals surface area contributed by atoms with Gasteiger partial charge in [0, 0.05) is 37.9 Å². The summed E-state index contributed by atoms with van der Waals surface area (Å²) in [5.74, 6) is -3.27. The lowest BCUT2D eigenvalue weighted by molar-refractivity contribution is -0.384. The van der Waals surface area contributed by atoms with Crippen molar-refractivity contribution in [1.29, 1.82) is 0 Å². The average molecular weight is 1130 g/mol. The third kappa shape index (κ3) is 12.9. The Kier molecular flexibility index (Phi) is 19.1. The van der Waals surface area contributed by atoms with Crippen LogP contribution in [0.4, 0.5) is 36.7 Å². The van der Waals surface area contributed by atoms with Crippen molar-refractivity contribution in [2.24, 2.45) is 17.0 Å². The number of halogens is 1. The topological polar surface area (TPSA) is 255 Å². The molecule has 0 bridgehead atoms. The van der Waals surface area contributed by atoms with Crippen LogP contribution in [0.25, 0.3) is 5.57 Å². The fraction of sp³-hybridized carbons (Fsp3) is 0.500. The summed E-state index contributed by atoms with van der Waals surface area (Å²) in [7, 11) is 2.38. The number of hydrogen-bond donors (Lipinski definition) is 4. The van der Waals surface area contributed by atoms with Crippen LogP contribution in [0.1, 0.15) is 122 Å². The van der Waals surface area contributed by atoms with Crippen LogP contribution in [-0.2, 0) is 28.7 Å². The molecule has 8 rings (SSSR count). The lowest BCUT2D eigenvalue weighted by atomic mass is 9.92. The van der Waals surface area contributed by atoms with Crippen LogP contribution in [0, 0.1) is 32.7 Å². The number of benzene rings is 3. The van der Waals surface area contributed by atoms with Gasteiger partial charge in [0.05, 0.1) is 43.0 Å². The first-order chi connectivity index (χ1) is 39.2. The van der Waals surface area contributed by atoms with Crippen molar-refractivity contribution in [2.75, 3.05) is 55.5 Å². The van der Waals surface area contributed by atoms with Gasteiger partial charge in [-0.25, -0.2) is 14.0 Å². The van der Waals surface area contributed by atoms with Crippen LogP contribution in [0.15, 0.2) is 95.3 Å². The van der Waals surface area contributed by atoms with Gasteiger partial charge in [0.2, 0.25) is 23.6 Å². The van der Waals surface area contributed by atoms with Crippen molar-refractivity contribution in [1.82, 2.24) is 25.8 Å². The Labute approximate surface area is 477 Å². The van der Waals surface area contributed by atoms with E-state index in [1.807, 2.05) is 54.0 Å². The molecule has 1 aliphatic carbocycles. The molecule has 0 radical (unpaired) electrons. The van der Waals surface area contributed by atoms with E-state index in [9.17, 15) is 43.8 Å². The molecule has 5 aliphatic rings. The van der Waals surface area contributed by atoms with E-state index in [2.05, 4.69) is 44.7 Å². The summed E-state index contributed by atoms with van der Waals surface area (Å²) in [5.41, 5.74) is 4.74. The molecule has 21 nitrogen and oxygen atoms in total. The van der Waals surface area contributed by atoms with Crippen LogP contribution in [-0.4, -0.2) is 127 Å². The van der Waals surface area contributed by atoms with E-state index in [1.54, 1.807) is 39.8 Å². The van der Waals surface area contributed by atoms with Gasteiger partial charge in [0.1, 0.15) is 41.4 Å². The highest BCUT2D eigenvalue weighted by Crippen LogP contribution is 2.48. The number of ether oxygens (including phenoxy) is 2. The summed E-state index contributed by atoms with van der Waals surface area (Å²) in [6, 6.07) is 12.4. The Morgan fingerprint density at radius 3 is 1.91 bits per heavy atom. The molecular weight excluding hydrogens is 1060 g/mol. The van der Waals surface area contributed by atoms with Crippen molar-refractivity contribution in [3.05, 3.63) is 128 Å². The third-order valence-corrected chi connectivity index (χ3v) is 16.4. The van der Waals surface area contributed by atoms with Crippen LogP contribution >= 0.6 is 0 Å². The summed E-state index contributed by atoms with van der Waals surface area (Å²) in [6.45, 7) is 12.6. The molecule has 6 amide bonds. The highest BCUT2D eigenvalue weighted by Gasteiger charge is 2.44. The highest BCUT2D eigenvalue weighted by atomic mass is 19.1. The third-order valence-electron chi connectivity index (χ3n) is 16.4. The Morgan fingerprint density at radius 2 is 1.37 bits per heavy atom. The van der Waals surface area contributed by atoms with Crippen LogP contribution in [0.3, 0.4) is 0 Å². The summed E-state index contributed by atoms with van der Waals surface area (Å²) >= 11 is 0. The van der Waals surface area contributed by atoms with Gasteiger partial charge in [-0.15, -0.1) is 4.91 Å². The molecule has 3 aromatic carbocycles. The molecule has 0 spiro atoms. The van der Waals surface area contributed by atoms with Crippen molar-refractivity contribution in [3.63, 3.8) is 0 Å². The first kappa shape index (κ1) is 59.9. The molecule has 3 saturated heterocycles. The number of anilines is 3. The van der Waals surface area contributed by atoms with Gasteiger partial charge in [0.15, 0.2) is 0 Å². The van der Waals surface area contributed by atoms with E-state index in [1.165, 1.54) is 47.8 Å². The van der Waals surface area contributed by atoms with Crippen molar-refractivity contribution in [2.45, 2.75) is 141 Å². The van der Waals surface area contributed by atoms with E-state index >= 15 is 4.39 Å². The number of carbonyl (C=O) groups is 6. The molecule has 4 aliphatic heterocycles. The van der Waals surface area contributed by atoms with Crippen LogP contribution in [0.5, 0.6) is 0 Å². The highest BCUT2D eigenvalue weighted by molar-refractivity contribution is 6.00. The quantitative estimate of drug-likeness (QED) is 0.0528. The zero-order valence-electron chi connectivity index (χ0n) is 47.8. The number of alkyl carbamates (subject to hydrolysis) is 2. The number of nitrogens with one attached hydrogen (secondary N) is 4. The Bertz CT molecular complexity index is 3040. The number of rotatable bonds is 18. The standard InChI is InChI=1S/C60H75FN10O11/c1-34(2)42-32-41(33-43(61)54(42)67-28-24-38(25-29-67)37-14-10-9-11-15-37)70-47(39-18-20-44(46(30-39)66-78)62-55(72)49-16-12-26-68(49)57(74)52(35(3)4)64-59(76)81-7)22-23-48(70)40-19-21-45(51(31-40)71(79)80)63-56(73)50-17-13-27-69(50)58(75)53(36(5)6)65-60(77)82-8/h9-11,14-15,18-19,21,24,30-36,44,47-50,52-53H,12-13,16-17,20,22-23,25-29H2,1-8H3,(H,62,72)(H,63,73)(H,64,76)(H,65,77)/t44?,47-,48-,49+,50+,52+,53+/m1/s1. The molecule has 3 fully saturated rings. The second-order valence-electron chi connectivity index (χ2n) is 22.6. The maximum Gasteiger partial charge on any atom is 0.407 e. The monoisotopic (exact) mass is 1130 g/mol. The SMILES string of the molecule is COC(=O)N[C@H](C(=O)N1CCC[C@H]1C(=O)Nc1ccc([C@H]2CC[C@H](C3=CCC(NC(=O)[C@@H]4CCCN4C(=O)[C@@H](NC(=O)OC)C(C)C)C(N=O)=C3)N2c2cc(F)c(N3CC=C(c4ccccc4)CC3)c(C(C)C)c2)cc1[N+](=O)[O-])C(C)C. The van der Waals surface area contributed by atoms with E-state index in [-0.39, 0.29) is 55.1 Å². The summed E-state index contributed by atoms with van der Waals surface area (Å²) in [6.07, 6.45) is 7.49. The number of carbonyl (C=O) groups excluding carboxylic acids is 6. The van der Waals surface area contributed by atoms with Gasteiger partial charge in [0.25, 0.3) is 5.69 Å². The predicted molar refractivity (Wildman–Crippen MR) is 308 cm³/mol. The number of nitrogens with zero attached hydrogens (tertiary/aromatic N) is 6. The summed E-state index contributed by atoms with van der Waals surface area (Å²) in [4.78, 5) is 112. The van der Waals surface area contributed by atoms with Crippen molar-refractivity contribution in [3.8, 4) is 0 Å². The fourth-order valence-corrected chi connectivity index (χ4v) is 12.2. The van der Waals surface area contributed by atoms with Gasteiger partial charge in [-0.3, -0.25) is 29.3 Å². The molecule has 82 heavy (non-hydrogen) atoms. The Morgan fingerprint density at radius 1 is 0.756 bits per heavy atom. The normalized spacial score (nSPS) is 21.6. The van der Waals surface area contributed by atoms with Gasteiger partial charge < -0.3 is 50.3 Å². The van der Waals surface area contributed by atoms with E-state index < -0.39 is 94.5 Å². The molecule has 0 saturated carbocycles. The van der Waals surface area contributed by atoms with Gasteiger partial charge in [-0.1, -0.05) is 90.1 Å². The molecule has 22 heteroatoms. The minimum absolute atomic E-state index is 0.0349. The number of nitro groups is 1. The summed E-state index contributed by atoms with van der Waals surface area (Å²) < 4.78 is 26.8. The lowest BCUT2D eigenvalue weighted by Gasteiger charge is -2.37. The molecule has 7 atom stereocenters. The number of hydrogen-bond acceptors (Lipinski definition) is 14. The van der Waals surface area contributed by atoms with Gasteiger partial charge >= 0.3 is 12.2 Å². The smallest absolute Gasteiger partial charge is 0.407 e. The molecule has 438 valence electrons. The Balaban J connectivity index is 1.10. The number of likely N-dealkylation sites (tertiary alicyclic amines) is 2. The number of nitroso groups, excluding NO2 is 1. The zero-order chi connectivity index (χ0) is 59.1. The molecule has 4 heterocycles. The van der Waals surface area contributed by atoms with Gasteiger partial charge in [-0.05, 0) is 126 Å². The summed E-state index contributed by atoms with van der Waals surface area (Å²) in [5, 5.41) is 27.3. The van der Waals surface area contributed by atoms with Crippen LogP contribution < -0.4 is 31.1 Å². The second-order valence-corrected chi connectivity index (χ2v) is 22.6. The lowest BCUT2D eigenvalue weighted by Crippen LogP contribution is -2.56. The van der Waals surface area contributed by atoms with E-state index in [0.29, 0.717) is 74.1 Å². The first-order valence-corrected chi connectivity index (χ1v) is 28.3. The predicted octanol–water partition coefficient (Wildman–Crippen LogP) is 9.01. The van der Waals surface area contributed by atoms with Crippen molar-refractivity contribution >= 4 is 64.1 Å². The maximum atomic E-state index is 17.3. The van der Waals surface area contributed by atoms with E-state index in [4.69, 9.17) is 9.47 Å². The number of nitro benzene ring substituents is 1.